The van der Waals surface area contributed by atoms with Crippen LogP contribution in [0.15, 0.2) is 83.8 Å². The summed E-state index contributed by atoms with van der Waals surface area (Å²) >= 11 is 12.2. The molecule has 0 saturated carbocycles. The van der Waals surface area contributed by atoms with E-state index in [-0.39, 0.29) is 26.5 Å². The summed E-state index contributed by atoms with van der Waals surface area (Å²) in [6, 6.07) is 22.5. The van der Waals surface area contributed by atoms with Crippen molar-refractivity contribution in [3.05, 3.63) is 94.5 Å². The second-order valence-electron chi connectivity index (χ2n) is 7.72. The molecule has 3 aromatic rings. The lowest BCUT2D eigenvalue weighted by Crippen LogP contribution is -2.42. The second kappa shape index (κ2) is 11.5. The van der Waals surface area contributed by atoms with Crippen LogP contribution in [0, 0.1) is 5.92 Å². The maximum Gasteiger partial charge on any atom is 0.264 e. The number of hydrogen-bond donors (Lipinski definition) is 1. The molecule has 174 valence electrons. The summed E-state index contributed by atoms with van der Waals surface area (Å²) in [5.74, 6) is -0.173. The predicted octanol–water partition coefficient (Wildman–Crippen LogP) is 5.57. The third-order valence-corrected chi connectivity index (χ3v) is 7.51. The van der Waals surface area contributed by atoms with Gasteiger partial charge in [-0.25, -0.2) is 8.42 Å². The Bertz CT molecular complexity index is 1150. The molecule has 0 heterocycles. The maximum atomic E-state index is 13.4. The first-order valence-corrected chi connectivity index (χ1v) is 12.8. The molecule has 0 aliphatic carbocycles. The quantitative estimate of drug-likeness (QED) is 0.392. The van der Waals surface area contributed by atoms with E-state index in [2.05, 4.69) is 24.4 Å². The molecule has 0 aliphatic rings. The lowest BCUT2D eigenvalue weighted by molar-refractivity contribution is -0.119. The van der Waals surface area contributed by atoms with Crippen molar-refractivity contribution >= 4 is 44.8 Å². The molecule has 1 atom stereocenters. The van der Waals surface area contributed by atoms with Gasteiger partial charge in [-0.1, -0.05) is 85.1 Å². The van der Waals surface area contributed by atoms with Gasteiger partial charge in [0, 0.05) is 16.6 Å². The number of amides is 1. The number of halogens is 2. The topological polar surface area (TPSA) is 66.5 Å². The van der Waals surface area contributed by atoms with Crippen LogP contribution in [0.2, 0.25) is 10.0 Å². The largest absolute Gasteiger partial charge is 0.354 e. The molecule has 8 heteroatoms. The number of anilines is 1. The molecule has 1 amide bonds. The van der Waals surface area contributed by atoms with Gasteiger partial charge in [0.05, 0.1) is 10.6 Å². The van der Waals surface area contributed by atoms with E-state index in [1.165, 1.54) is 35.9 Å². The van der Waals surface area contributed by atoms with Gasteiger partial charge >= 0.3 is 0 Å². The molecule has 0 bridgehead atoms. The van der Waals surface area contributed by atoms with E-state index in [4.69, 9.17) is 23.2 Å². The number of hydrogen-bond acceptors (Lipinski definition) is 3. The number of sulfonamides is 1. The first kappa shape index (κ1) is 25.1. The molecule has 0 saturated heterocycles. The molecule has 1 unspecified atom stereocenters. The fraction of sp³-hybridized carbons (Fsp3) is 0.240. The number of carbonyl (C=O) groups is 1. The molecule has 1 N–H and O–H groups in total. The molecule has 0 radical (unpaired) electrons. The minimum Gasteiger partial charge on any atom is -0.354 e. The van der Waals surface area contributed by atoms with E-state index < -0.39 is 22.5 Å². The van der Waals surface area contributed by atoms with Crippen molar-refractivity contribution in [1.82, 2.24) is 5.32 Å². The van der Waals surface area contributed by atoms with Crippen LogP contribution in [-0.4, -0.2) is 27.4 Å². The molecule has 0 fully saturated rings. The van der Waals surface area contributed by atoms with E-state index in [1.54, 1.807) is 18.2 Å². The molecule has 0 spiro atoms. The van der Waals surface area contributed by atoms with Crippen molar-refractivity contribution in [2.45, 2.75) is 24.7 Å². The zero-order valence-corrected chi connectivity index (χ0v) is 20.6. The van der Waals surface area contributed by atoms with E-state index in [0.717, 1.165) is 17.1 Å². The fourth-order valence-electron chi connectivity index (χ4n) is 3.47. The van der Waals surface area contributed by atoms with Gasteiger partial charge in [-0.05, 0) is 48.2 Å². The molecular formula is C25H26Cl2N2O3S. The number of carbonyl (C=O) groups excluding carboxylic acids is 1. The van der Waals surface area contributed by atoms with Crippen molar-refractivity contribution in [3.8, 4) is 0 Å². The van der Waals surface area contributed by atoms with E-state index in [0.29, 0.717) is 6.54 Å². The Hall–Kier alpha value is -2.54. The number of rotatable bonds is 10. The highest BCUT2D eigenvalue weighted by atomic mass is 35.5. The summed E-state index contributed by atoms with van der Waals surface area (Å²) in [7, 11) is -4.02. The molecular weight excluding hydrogens is 479 g/mol. The van der Waals surface area contributed by atoms with Crippen molar-refractivity contribution in [3.63, 3.8) is 0 Å². The lowest BCUT2D eigenvalue weighted by atomic mass is 9.97. The molecule has 0 aromatic heterocycles. The SMILES string of the molecule is CCC(CNC(=O)CN(c1cc(Cl)cc(Cl)c1)S(=O)(=O)c1ccccc1)Cc1ccccc1. The lowest BCUT2D eigenvalue weighted by Gasteiger charge is -2.25. The predicted molar refractivity (Wildman–Crippen MR) is 134 cm³/mol. The highest BCUT2D eigenvalue weighted by molar-refractivity contribution is 7.92. The van der Waals surface area contributed by atoms with Crippen molar-refractivity contribution in [1.29, 1.82) is 0 Å². The fourth-order valence-corrected chi connectivity index (χ4v) is 5.41. The van der Waals surface area contributed by atoms with Crippen LogP contribution in [-0.2, 0) is 21.2 Å². The van der Waals surface area contributed by atoms with Gasteiger partial charge in [-0.2, -0.15) is 0 Å². The summed E-state index contributed by atoms with van der Waals surface area (Å²) in [5.41, 5.74) is 1.42. The maximum absolute atomic E-state index is 13.4. The van der Waals surface area contributed by atoms with Gasteiger partial charge in [0.15, 0.2) is 0 Å². The van der Waals surface area contributed by atoms with E-state index in [9.17, 15) is 13.2 Å². The van der Waals surface area contributed by atoms with Crippen LogP contribution < -0.4 is 9.62 Å². The zero-order valence-electron chi connectivity index (χ0n) is 18.2. The Morgan fingerprint density at radius 2 is 1.52 bits per heavy atom. The van der Waals surface area contributed by atoms with Crippen molar-refractivity contribution in [2.24, 2.45) is 5.92 Å². The Kier molecular flexibility index (Phi) is 8.78. The molecule has 5 nitrogen and oxygen atoms in total. The normalized spacial score (nSPS) is 12.2. The molecule has 3 aromatic carbocycles. The average Bonchev–Trinajstić information content (AvgIpc) is 2.80. The Morgan fingerprint density at radius 1 is 0.939 bits per heavy atom. The number of nitrogens with zero attached hydrogens (tertiary/aromatic N) is 1. The molecule has 3 rings (SSSR count). The van der Waals surface area contributed by atoms with E-state index in [1.807, 2.05) is 18.2 Å². The van der Waals surface area contributed by atoms with Gasteiger partial charge in [0.1, 0.15) is 6.54 Å². The summed E-state index contributed by atoms with van der Waals surface area (Å²) in [6.07, 6.45) is 1.71. The Labute approximate surface area is 205 Å². The minimum atomic E-state index is -4.02. The van der Waals surface area contributed by atoms with Gasteiger partial charge < -0.3 is 5.32 Å². The Balaban J connectivity index is 1.79. The highest BCUT2D eigenvalue weighted by Crippen LogP contribution is 2.29. The van der Waals surface area contributed by atoms with Gasteiger partial charge in [-0.15, -0.1) is 0 Å². The van der Waals surface area contributed by atoms with Crippen LogP contribution in [0.3, 0.4) is 0 Å². The monoisotopic (exact) mass is 504 g/mol. The Morgan fingerprint density at radius 3 is 2.09 bits per heavy atom. The second-order valence-corrected chi connectivity index (χ2v) is 10.5. The van der Waals surface area contributed by atoms with Crippen LogP contribution in [0.1, 0.15) is 18.9 Å². The van der Waals surface area contributed by atoms with Crippen LogP contribution >= 0.6 is 23.2 Å². The van der Waals surface area contributed by atoms with Crippen LogP contribution in [0.25, 0.3) is 0 Å². The molecule has 0 aliphatic heterocycles. The summed E-state index contributed by atoms with van der Waals surface area (Å²) in [5, 5.41) is 3.45. The van der Waals surface area contributed by atoms with Crippen molar-refractivity contribution < 1.29 is 13.2 Å². The van der Waals surface area contributed by atoms with Crippen molar-refractivity contribution in [2.75, 3.05) is 17.4 Å². The van der Waals surface area contributed by atoms with Gasteiger partial charge in [0.2, 0.25) is 5.91 Å². The standard InChI is InChI=1S/C25H26Cl2N2O3S/c1-2-19(13-20-9-5-3-6-10-20)17-28-25(30)18-29(23-15-21(26)14-22(27)16-23)33(31,32)24-11-7-4-8-12-24/h3-12,14-16,19H,2,13,17-18H2,1H3,(H,28,30). The number of benzene rings is 3. The summed E-state index contributed by atoms with van der Waals surface area (Å²) in [6.45, 7) is 2.12. The van der Waals surface area contributed by atoms with Gasteiger partial charge in [-0.3, -0.25) is 9.10 Å². The molecule has 33 heavy (non-hydrogen) atoms. The third-order valence-electron chi connectivity index (χ3n) is 5.29. The third kappa shape index (κ3) is 6.97. The van der Waals surface area contributed by atoms with E-state index >= 15 is 0 Å². The van der Waals surface area contributed by atoms with Gasteiger partial charge in [0.25, 0.3) is 10.0 Å². The first-order valence-electron chi connectivity index (χ1n) is 10.6. The first-order chi connectivity index (χ1) is 15.8. The zero-order chi connectivity index (χ0) is 23.8. The average molecular weight is 505 g/mol. The summed E-state index contributed by atoms with van der Waals surface area (Å²) < 4.78 is 27.8. The van der Waals surface area contributed by atoms with Crippen LogP contribution in [0.4, 0.5) is 5.69 Å². The number of nitrogens with one attached hydrogen (secondary N) is 1. The summed E-state index contributed by atoms with van der Waals surface area (Å²) in [4.78, 5) is 12.9. The smallest absolute Gasteiger partial charge is 0.264 e. The highest BCUT2D eigenvalue weighted by Gasteiger charge is 2.27. The minimum absolute atomic E-state index is 0.0735. The van der Waals surface area contributed by atoms with Crippen LogP contribution in [0.5, 0.6) is 0 Å².